The molecule has 0 aliphatic heterocycles. The van der Waals surface area contributed by atoms with Crippen molar-refractivity contribution in [1.29, 1.82) is 0 Å². The van der Waals surface area contributed by atoms with E-state index in [4.69, 9.17) is 11.6 Å². The lowest BCUT2D eigenvalue weighted by Gasteiger charge is -2.08. The molecule has 0 fully saturated rings. The summed E-state index contributed by atoms with van der Waals surface area (Å²) in [7, 11) is 1.73. The van der Waals surface area contributed by atoms with Crippen molar-refractivity contribution in [2.24, 2.45) is 0 Å². The van der Waals surface area contributed by atoms with Gasteiger partial charge in [0.1, 0.15) is 11.0 Å². The van der Waals surface area contributed by atoms with Gasteiger partial charge in [0.15, 0.2) is 0 Å². The highest BCUT2D eigenvalue weighted by Gasteiger charge is 2.09. The van der Waals surface area contributed by atoms with E-state index < -0.39 is 0 Å². The van der Waals surface area contributed by atoms with Crippen LogP contribution in [0.15, 0.2) is 36.4 Å². The second kappa shape index (κ2) is 6.39. The number of rotatable bonds is 4. The van der Waals surface area contributed by atoms with Gasteiger partial charge in [-0.25, -0.2) is 4.98 Å². The fourth-order valence-electron chi connectivity index (χ4n) is 1.83. The van der Waals surface area contributed by atoms with Crippen molar-refractivity contribution in [2.75, 3.05) is 17.7 Å². The Labute approximate surface area is 123 Å². The third-order valence-electron chi connectivity index (χ3n) is 2.91. The molecule has 2 N–H and O–H groups in total. The van der Waals surface area contributed by atoms with Crippen molar-refractivity contribution in [1.82, 2.24) is 4.98 Å². The van der Waals surface area contributed by atoms with E-state index in [0.29, 0.717) is 11.4 Å². The first-order chi connectivity index (χ1) is 9.62. The summed E-state index contributed by atoms with van der Waals surface area (Å²) in [5.74, 6) is 0.351. The molecule has 0 atom stereocenters. The van der Waals surface area contributed by atoms with Crippen LogP contribution < -0.4 is 10.6 Å². The molecule has 1 amide bonds. The molecular weight excluding hydrogens is 274 g/mol. The Morgan fingerprint density at radius 1 is 1.30 bits per heavy atom. The fourth-order valence-corrected chi connectivity index (χ4v) is 2.04. The molecule has 0 saturated heterocycles. The van der Waals surface area contributed by atoms with Gasteiger partial charge >= 0.3 is 0 Å². The van der Waals surface area contributed by atoms with Crippen LogP contribution in [0.4, 0.5) is 11.5 Å². The first-order valence-electron chi connectivity index (χ1n) is 6.38. The lowest BCUT2D eigenvalue weighted by atomic mass is 10.1. The molecule has 4 nitrogen and oxygen atoms in total. The van der Waals surface area contributed by atoms with Crippen LogP contribution in [0.25, 0.3) is 0 Å². The molecule has 5 heteroatoms. The molecule has 104 valence electrons. The highest BCUT2D eigenvalue weighted by atomic mass is 35.5. The van der Waals surface area contributed by atoms with Crippen LogP contribution in [0, 0.1) is 0 Å². The van der Waals surface area contributed by atoms with Gasteiger partial charge in [0.2, 0.25) is 0 Å². The zero-order valence-corrected chi connectivity index (χ0v) is 12.2. The number of benzene rings is 1. The minimum absolute atomic E-state index is 0.209. The number of hydrogen-bond donors (Lipinski definition) is 2. The number of anilines is 2. The summed E-state index contributed by atoms with van der Waals surface area (Å²) < 4.78 is 0. The molecule has 0 bridgehead atoms. The highest BCUT2D eigenvalue weighted by Crippen LogP contribution is 2.17. The molecule has 0 unspecified atom stereocenters. The van der Waals surface area contributed by atoms with E-state index in [-0.39, 0.29) is 11.1 Å². The first-order valence-corrected chi connectivity index (χ1v) is 6.76. The number of aryl methyl sites for hydroxylation is 1. The van der Waals surface area contributed by atoms with Gasteiger partial charge in [-0.15, -0.1) is 0 Å². The third-order valence-corrected chi connectivity index (χ3v) is 3.10. The number of nitrogens with one attached hydrogen (secondary N) is 2. The number of amides is 1. The molecule has 1 aromatic heterocycles. The minimum atomic E-state index is -0.209. The summed E-state index contributed by atoms with van der Waals surface area (Å²) >= 11 is 5.89. The average Bonchev–Trinajstić information content (AvgIpc) is 2.46. The molecule has 0 spiro atoms. The van der Waals surface area contributed by atoms with Crippen LogP contribution in [0.1, 0.15) is 22.8 Å². The van der Waals surface area contributed by atoms with Crippen LogP contribution >= 0.6 is 11.6 Å². The Bertz CT molecular complexity index is 628. The minimum Gasteiger partial charge on any atom is -0.373 e. The monoisotopic (exact) mass is 289 g/mol. The molecule has 0 saturated carbocycles. The van der Waals surface area contributed by atoms with Gasteiger partial charge in [-0.2, -0.15) is 0 Å². The van der Waals surface area contributed by atoms with E-state index in [2.05, 4.69) is 22.5 Å². The molecule has 0 aliphatic carbocycles. The molecule has 2 aromatic rings. The number of carbonyl (C=O) groups excluding carboxylic acids is 1. The van der Waals surface area contributed by atoms with Crippen molar-refractivity contribution in [3.8, 4) is 0 Å². The van der Waals surface area contributed by atoms with Gasteiger partial charge in [0.25, 0.3) is 5.91 Å². The van der Waals surface area contributed by atoms with Crippen LogP contribution in [0.5, 0.6) is 0 Å². The molecule has 1 heterocycles. The summed E-state index contributed by atoms with van der Waals surface area (Å²) in [6, 6.07) is 11.0. The van der Waals surface area contributed by atoms with Crippen molar-refractivity contribution < 1.29 is 4.79 Å². The van der Waals surface area contributed by atoms with Gasteiger partial charge in [-0.05, 0) is 36.2 Å². The maximum Gasteiger partial charge on any atom is 0.255 e. The van der Waals surface area contributed by atoms with Crippen molar-refractivity contribution in [2.45, 2.75) is 13.3 Å². The largest absolute Gasteiger partial charge is 0.373 e. The first kappa shape index (κ1) is 14.3. The van der Waals surface area contributed by atoms with Crippen LogP contribution in [-0.4, -0.2) is 17.9 Å². The van der Waals surface area contributed by atoms with Gasteiger partial charge in [-0.3, -0.25) is 4.79 Å². The molecule has 0 radical (unpaired) electrons. The average molecular weight is 290 g/mol. The van der Waals surface area contributed by atoms with Crippen molar-refractivity contribution in [3.63, 3.8) is 0 Å². The quantitative estimate of drug-likeness (QED) is 0.846. The second-order valence-corrected chi connectivity index (χ2v) is 4.71. The van der Waals surface area contributed by atoms with Gasteiger partial charge in [0.05, 0.1) is 0 Å². The lowest BCUT2D eigenvalue weighted by molar-refractivity contribution is 0.102. The SMILES string of the molecule is CCc1cccc(NC(=O)c2cc(Cl)nc(NC)c2)c1. The third kappa shape index (κ3) is 3.48. The Hall–Kier alpha value is -2.07. The smallest absolute Gasteiger partial charge is 0.255 e. The van der Waals surface area contributed by atoms with E-state index >= 15 is 0 Å². The Kier molecular flexibility index (Phi) is 4.58. The Morgan fingerprint density at radius 2 is 2.10 bits per heavy atom. The van der Waals surface area contributed by atoms with E-state index in [0.717, 1.165) is 12.1 Å². The standard InChI is InChI=1S/C15H16ClN3O/c1-3-10-5-4-6-12(7-10)18-15(20)11-8-13(16)19-14(9-11)17-2/h4-9H,3H2,1-2H3,(H,17,19)(H,18,20). The van der Waals surface area contributed by atoms with E-state index in [9.17, 15) is 4.79 Å². The van der Waals surface area contributed by atoms with Crippen LogP contribution in [0.2, 0.25) is 5.15 Å². The number of hydrogen-bond acceptors (Lipinski definition) is 3. The summed E-state index contributed by atoms with van der Waals surface area (Å²) in [6.07, 6.45) is 0.925. The predicted molar refractivity (Wildman–Crippen MR) is 82.6 cm³/mol. The molecule has 1 aromatic carbocycles. The van der Waals surface area contributed by atoms with E-state index in [1.807, 2.05) is 24.3 Å². The zero-order valence-electron chi connectivity index (χ0n) is 11.4. The van der Waals surface area contributed by atoms with Gasteiger partial charge in [-0.1, -0.05) is 30.7 Å². The number of halogens is 1. The number of carbonyl (C=O) groups is 1. The number of aromatic nitrogens is 1. The van der Waals surface area contributed by atoms with Gasteiger partial charge < -0.3 is 10.6 Å². The topological polar surface area (TPSA) is 54.0 Å². The molecule has 2 rings (SSSR count). The summed E-state index contributed by atoms with van der Waals surface area (Å²) in [4.78, 5) is 16.3. The van der Waals surface area contributed by atoms with E-state index in [1.165, 1.54) is 5.56 Å². The normalized spacial score (nSPS) is 10.2. The van der Waals surface area contributed by atoms with Gasteiger partial charge in [0, 0.05) is 18.3 Å². The number of pyridine rings is 1. The highest BCUT2D eigenvalue weighted by molar-refractivity contribution is 6.30. The Morgan fingerprint density at radius 3 is 2.80 bits per heavy atom. The van der Waals surface area contributed by atoms with Crippen LogP contribution in [-0.2, 0) is 6.42 Å². The van der Waals surface area contributed by atoms with Crippen LogP contribution in [0.3, 0.4) is 0 Å². The van der Waals surface area contributed by atoms with E-state index in [1.54, 1.807) is 19.2 Å². The van der Waals surface area contributed by atoms with Crippen molar-refractivity contribution >= 4 is 29.0 Å². The van der Waals surface area contributed by atoms with Crippen molar-refractivity contribution in [3.05, 3.63) is 52.7 Å². The lowest BCUT2D eigenvalue weighted by Crippen LogP contribution is -2.12. The Balaban J connectivity index is 2.21. The maximum atomic E-state index is 12.2. The summed E-state index contributed by atoms with van der Waals surface area (Å²) in [5, 5.41) is 6.01. The summed E-state index contributed by atoms with van der Waals surface area (Å²) in [6.45, 7) is 2.07. The number of nitrogens with zero attached hydrogens (tertiary/aromatic N) is 1. The zero-order chi connectivity index (χ0) is 14.5. The molecule has 0 aliphatic rings. The molecular formula is C15H16ClN3O. The molecule has 20 heavy (non-hydrogen) atoms. The fraction of sp³-hybridized carbons (Fsp3) is 0.200. The predicted octanol–water partition coefficient (Wildman–Crippen LogP) is 3.59. The summed E-state index contributed by atoms with van der Waals surface area (Å²) in [5.41, 5.74) is 2.41. The maximum absolute atomic E-state index is 12.2. The second-order valence-electron chi connectivity index (χ2n) is 4.32.